The minimum atomic E-state index is 0.324. The van der Waals surface area contributed by atoms with Crippen molar-refractivity contribution >= 4 is 33.8 Å². The molecule has 1 fully saturated rings. The lowest BCUT2D eigenvalue weighted by Crippen LogP contribution is -2.39. The number of likely N-dealkylation sites (tertiary alicyclic amines) is 1. The van der Waals surface area contributed by atoms with Gasteiger partial charge in [0.2, 0.25) is 5.95 Å². The van der Waals surface area contributed by atoms with Crippen LogP contribution in [0.3, 0.4) is 0 Å². The van der Waals surface area contributed by atoms with Gasteiger partial charge in [-0.25, -0.2) is 9.97 Å². The second kappa shape index (κ2) is 7.53. The quantitative estimate of drug-likeness (QED) is 0.481. The summed E-state index contributed by atoms with van der Waals surface area (Å²) < 4.78 is 0. The van der Waals surface area contributed by atoms with Gasteiger partial charge in [-0.15, -0.1) is 0 Å². The number of para-hydroxylation sites is 1. The molecule has 4 heterocycles. The van der Waals surface area contributed by atoms with Gasteiger partial charge in [0.05, 0.1) is 22.7 Å². The molecule has 154 valence electrons. The molecule has 4 N–H and O–H groups in total. The van der Waals surface area contributed by atoms with Gasteiger partial charge < -0.3 is 16.0 Å². The Morgan fingerprint density at radius 1 is 1.17 bits per heavy atom. The Balaban J connectivity index is 1.26. The molecule has 0 atom stereocenters. The number of H-pyrrole nitrogens is 1. The zero-order valence-corrected chi connectivity index (χ0v) is 17.3. The number of nitrogens with two attached hydrogens (primary N) is 1. The predicted octanol–water partition coefficient (Wildman–Crippen LogP) is 3.18. The Hall–Kier alpha value is -3.26. The lowest BCUT2D eigenvalue weighted by Gasteiger charge is -2.32. The summed E-state index contributed by atoms with van der Waals surface area (Å²) >= 11 is 0. The SMILES string of the molecule is Cc1cc(C)c2c(N)nc(NC3CCN(Cc4cccc5[nH]cnc45)CC3)nc2n1. The first-order chi connectivity index (χ1) is 14.6. The molecule has 5 rings (SSSR count). The van der Waals surface area contributed by atoms with E-state index in [0.29, 0.717) is 23.5 Å². The molecule has 8 heteroatoms. The largest absolute Gasteiger partial charge is 0.383 e. The zero-order chi connectivity index (χ0) is 20.7. The number of pyridine rings is 1. The Bertz CT molecular complexity index is 1210. The molecular formula is C22H26N8. The lowest BCUT2D eigenvalue weighted by molar-refractivity contribution is 0.211. The number of nitrogens with one attached hydrogen (secondary N) is 2. The first kappa shape index (κ1) is 18.7. The molecule has 0 aliphatic carbocycles. The maximum absolute atomic E-state index is 6.21. The molecule has 3 aromatic heterocycles. The molecule has 0 amide bonds. The Kier molecular flexibility index (Phi) is 4.71. The van der Waals surface area contributed by atoms with Gasteiger partial charge in [0, 0.05) is 31.4 Å². The van der Waals surface area contributed by atoms with Crippen molar-refractivity contribution in [3.8, 4) is 0 Å². The first-order valence-corrected chi connectivity index (χ1v) is 10.4. The topological polar surface area (TPSA) is 109 Å². The maximum atomic E-state index is 6.21. The van der Waals surface area contributed by atoms with Crippen LogP contribution in [0.1, 0.15) is 29.7 Å². The van der Waals surface area contributed by atoms with Gasteiger partial charge in [-0.05, 0) is 49.9 Å². The van der Waals surface area contributed by atoms with Gasteiger partial charge in [-0.3, -0.25) is 4.90 Å². The molecule has 0 unspecified atom stereocenters. The van der Waals surface area contributed by atoms with Crippen LogP contribution in [0.15, 0.2) is 30.6 Å². The summed E-state index contributed by atoms with van der Waals surface area (Å²) in [7, 11) is 0. The fourth-order valence-corrected chi connectivity index (χ4v) is 4.39. The number of aryl methyl sites for hydroxylation is 2. The van der Waals surface area contributed by atoms with Gasteiger partial charge in [-0.2, -0.15) is 9.97 Å². The van der Waals surface area contributed by atoms with Gasteiger partial charge in [-0.1, -0.05) is 12.1 Å². The first-order valence-electron chi connectivity index (χ1n) is 10.4. The molecule has 1 saturated heterocycles. The van der Waals surface area contributed by atoms with E-state index >= 15 is 0 Å². The van der Waals surface area contributed by atoms with E-state index in [1.165, 1.54) is 5.56 Å². The van der Waals surface area contributed by atoms with E-state index in [4.69, 9.17) is 5.73 Å². The molecule has 1 aromatic carbocycles. The molecule has 0 saturated carbocycles. The average Bonchev–Trinajstić information content (AvgIpc) is 3.18. The number of aromatic amines is 1. The van der Waals surface area contributed by atoms with Crippen LogP contribution in [0, 0.1) is 13.8 Å². The van der Waals surface area contributed by atoms with Gasteiger partial charge in [0.15, 0.2) is 5.65 Å². The van der Waals surface area contributed by atoms with Crippen molar-refractivity contribution in [1.29, 1.82) is 0 Å². The van der Waals surface area contributed by atoms with Gasteiger partial charge in [0.25, 0.3) is 0 Å². The molecule has 1 aliphatic heterocycles. The van der Waals surface area contributed by atoms with Crippen LogP contribution in [-0.2, 0) is 6.54 Å². The molecule has 0 spiro atoms. The number of piperidine rings is 1. The minimum Gasteiger partial charge on any atom is -0.383 e. The molecule has 0 radical (unpaired) electrons. The highest BCUT2D eigenvalue weighted by Crippen LogP contribution is 2.24. The summed E-state index contributed by atoms with van der Waals surface area (Å²) in [5, 5.41) is 4.32. The van der Waals surface area contributed by atoms with Crippen LogP contribution in [0.5, 0.6) is 0 Å². The van der Waals surface area contributed by atoms with Crippen LogP contribution in [0.4, 0.5) is 11.8 Å². The highest BCUT2D eigenvalue weighted by atomic mass is 15.2. The zero-order valence-electron chi connectivity index (χ0n) is 17.3. The van der Waals surface area contributed by atoms with E-state index in [-0.39, 0.29) is 0 Å². The van der Waals surface area contributed by atoms with E-state index in [0.717, 1.165) is 60.2 Å². The van der Waals surface area contributed by atoms with Crippen molar-refractivity contribution in [3.05, 3.63) is 47.4 Å². The normalized spacial score (nSPS) is 15.8. The summed E-state index contributed by atoms with van der Waals surface area (Å²) in [6, 6.07) is 8.65. The van der Waals surface area contributed by atoms with Crippen molar-refractivity contribution < 1.29 is 0 Å². The van der Waals surface area contributed by atoms with E-state index < -0.39 is 0 Å². The van der Waals surface area contributed by atoms with E-state index in [9.17, 15) is 0 Å². The lowest BCUT2D eigenvalue weighted by atomic mass is 10.0. The second-order valence-electron chi connectivity index (χ2n) is 8.12. The number of benzene rings is 1. The maximum Gasteiger partial charge on any atom is 0.226 e. The van der Waals surface area contributed by atoms with Crippen LogP contribution in [0.2, 0.25) is 0 Å². The Morgan fingerprint density at radius 2 is 2.00 bits per heavy atom. The summed E-state index contributed by atoms with van der Waals surface area (Å²) in [5.74, 6) is 1.05. The average molecular weight is 403 g/mol. The third-order valence-electron chi connectivity index (χ3n) is 5.87. The number of rotatable bonds is 4. The molecule has 30 heavy (non-hydrogen) atoms. The number of anilines is 2. The van der Waals surface area contributed by atoms with Crippen molar-refractivity contribution in [1.82, 2.24) is 29.8 Å². The molecule has 0 bridgehead atoms. The highest BCUT2D eigenvalue weighted by molar-refractivity contribution is 5.89. The fourth-order valence-electron chi connectivity index (χ4n) is 4.39. The number of nitrogen functional groups attached to an aromatic ring is 1. The van der Waals surface area contributed by atoms with Gasteiger partial charge in [0.1, 0.15) is 5.82 Å². The van der Waals surface area contributed by atoms with Crippen molar-refractivity contribution in [3.63, 3.8) is 0 Å². The van der Waals surface area contributed by atoms with Crippen LogP contribution >= 0.6 is 0 Å². The van der Waals surface area contributed by atoms with Crippen molar-refractivity contribution in [2.24, 2.45) is 0 Å². The third kappa shape index (κ3) is 3.54. The second-order valence-corrected chi connectivity index (χ2v) is 8.12. The van der Waals surface area contributed by atoms with Crippen LogP contribution < -0.4 is 11.1 Å². The standard InChI is InChI=1S/C22H26N8/c1-13-10-14(2)26-21-18(13)20(23)28-22(29-21)27-16-6-8-30(9-7-16)11-15-4-3-5-17-19(15)25-12-24-17/h3-5,10,12,16H,6-9,11H2,1-2H3,(H,24,25)(H3,23,26,27,28,29). The minimum absolute atomic E-state index is 0.324. The summed E-state index contributed by atoms with van der Waals surface area (Å²) in [6.45, 7) is 6.92. The third-order valence-corrected chi connectivity index (χ3v) is 5.87. The molecule has 8 nitrogen and oxygen atoms in total. The molecular weight excluding hydrogens is 376 g/mol. The number of hydrogen-bond acceptors (Lipinski definition) is 7. The summed E-state index contributed by atoms with van der Waals surface area (Å²) in [5.41, 5.74) is 12.3. The Morgan fingerprint density at radius 3 is 2.83 bits per heavy atom. The van der Waals surface area contributed by atoms with E-state index in [1.54, 1.807) is 6.33 Å². The monoisotopic (exact) mass is 402 g/mol. The number of nitrogens with zero attached hydrogens (tertiary/aromatic N) is 5. The van der Waals surface area contributed by atoms with Crippen molar-refractivity contribution in [2.45, 2.75) is 39.3 Å². The fraction of sp³-hybridized carbons (Fsp3) is 0.364. The van der Waals surface area contributed by atoms with E-state index in [2.05, 4.69) is 53.3 Å². The highest BCUT2D eigenvalue weighted by Gasteiger charge is 2.21. The summed E-state index contributed by atoms with van der Waals surface area (Å²) in [6.07, 6.45) is 3.81. The Labute approximate surface area is 175 Å². The van der Waals surface area contributed by atoms with Crippen LogP contribution in [-0.4, -0.2) is 49.0 Å². The summed E-state index contributed by atoms with van der Waals surface area (Å²) in [4.78, 5) is 23.8. The van der Waals surface area contributed by atoms with E-state index in [1.807, 2.05) is 19.9 Å². The van der Waals surface area contributed by atoms with Crippen LogP contribution in [0.25, 0.3) is 22.1 Å². The smallest absolute Gasteiger partial charge is 0.226 e. The number of fused-ring (bicyclic) bond motifs is 2. The predicted molar refractivity (Wildman–Crippen MR) is 119 cm³/mol. The number of aromatic nitrogens is 5. The van der Waals surface area contributed by atoms with Gasteiger partial charge >= 0.3 is 0 Å². The number of hydrogen-bond donors (Lipinski definition) is 3. The number of imidazole rings is 1. The molecule has 4 aromatic rings. The molecule has 1 aliphatic rings. The van der Waals surface area contributed by atoms with Crippen molar-refractivity contribution in [2.75, 3.05) is 24.1 Å².